The first-order valence-electron chi connectivity index (χ1n) is 6.30. The normalized spacial score (nSPS) is 9.79. The van der Waals surface area contributed by atoms with Gasteiger partial charge in [0.2, 0.25) is 0 Å². The molecule has 0 aromatic carbocycles. The van der Waals surface area contributed by atoms with Crippen LogP contribution in [0.2, 0.25) is 0 Å². The van der Waals surface area contributed by atoms with Gasteiger partial charge in [-0.3, -0.25) is 4.90 Å². The van der Waals surface area contributed by atoms with Crippen LogP contribution in [0.5, 0.6) is 0 Å². The van der Waals surface area contributed by atoms with Crippen LogP contribution in [-0.4, -0.2) is 103 Å². The maximum absolute atomic E-state index is 8.48. The summed E-state index contributed by atoms with van der Waals surface area (Å²) in [4.78, 5) is 1.79. The third-order valence-corrected chi connectivity index (χ3v) is 2.29. The molecule has 4 radical (unpaired) electrons. The van der Waals surface area contributed by atoms with Gasteiger partial charge in [-0.15, -0.1) is 0 Å². The zero-order chi connectivity index (χ0) is 14.1. The van der Waals surface area contributed by atoms with Crippen LogP contribution in [0.15, 0.2) is 0 Å². The van der Waals surface area contributed by atoms with E-state index in [9.17, 15) is 0 Å². The minimum absolute atomic E-state index is 0. The fourth-order valence-corrected chi connectivity index (χ4v) is 1.33. The number of aliphatic hydroxyl groups is 3. The molecular formula is C11H28GeN3O3S-. The van der Waals surface area contributed by atoms with Crippen LogP contribution in [0.4, 0.5) is 0 Å². The van der Waals surface area contributed by atoms with Crippen LogP contribution in [0.25, 0.3) is 0 Å². The summed E-state index contributed by atoms with van der Waals surface area (Å²) in [5.74, 6) is 0.796. The fourth-order valence-electron chi connectivity index (χ4n) is 1.18. The summed E-state index contributed by atoms with van der Waals surface area (Å²) >= 11 is 4.71. The van der Waals surface area contributed by atoms with Crippen molar-refractivity contribution in [1.82, 2.24) is 10.2 Å². The molecule has 0 aliphatic heterocycles. The minimum atomic E-state index is 0. The van der Waals surface area contributed by atoms with Crippen molar-refractivity contribution >= 4 is 30.2 Å². The van der Waals surface area contributed by atoms with E-state index in [-0.39, 0.29) is 37.4 Å². The Kier molecular flexibility index (Phi) is 30.8. The van der Waals surface area contributed by atoms with E-state index in [0.717, 1.165) is 31.8 Å². The number of nitrogens with two attached hydrogens (primary N) is 1. The van der Waals surface area contributed by atoms with E-state index in [0.29, 0.717) is 19.6 Å². The van der Waals surface area contributed by atoms with E-state index in [2.05, 4.69) is 5.32 Å². The Balaban J connectivity index is -0.000000262. The number of nitrogens with one attached hydrogen (secondary N) is 1. The van der Waals surface area contributed by atoms with Gasteiger partial charge in [-0.1, -0.05) is 0 Å². The summed E-state index contributed by atoms with van der Waals surface area (Å²) in [6.45, 7) is 4.47. The average molecular weight is 355 g/mol. The predicted octanol–water partition coefficient (Wildman–Crippen LogP) is -2.64. The Labute approximate surface area is 133 Å². The summed E-state index contributed by atoms with van der Waals surface area (Å²) in [5.41, 5.74) is 5.24. The number of hydrogen-bond acceptors (Lipinski definition) is 7. The molecule has 0 saturated carbocycles. The quantitative estimate of drug-likeness (QED) is 0.157. The Bertz CT molecular complexity index is 130. The van der Waals surface area contributed by atoms with Gasteiger partial charge >= 0.3 is 0 Å². The molecule has 6 nitrogen and oxygen atoms in total. The smallest absolute Gasteiger partial charge is 0.0558 e. The Morgan fingerprint density at radius 2 is 1.42 bits per heavy atom. The molecule has 0 bridgehead atoms. The maximum Gasteiger partial charge on any atom is 0.0558 e. The van der Waals surface area contributed by atoms with Gasteiger partial charge in [-0.25, -0.2) is 0 Å². The Morgan fingerprint density at radius 1 is 0.947 bits per heavy atom. The topological polar surface area (TPSA) is 102 Å². The van der Waals surface area contributed by atoms with E-state index < -0.39 is 0 Å². The molecular weight excluding hydrogens is 327 g/mol. The second-order valence-electron chi connectivity index (χ2n) is 3.61. The van der Waals surface area contributed by atoms with Crippen molar-refractivity contribution in [2.45, 2.75) is 6.42 Å². The SMILES string of the molecule is NCCCNCC[S-].OCCN(CCO)CCO.[Ge]. The molecule has 0 aromatic heterocycles. The summed E-state index contributed by atoms with van der Waals surface area (Å²) in [5, 5.41) is 28.6. The van der Waals surface area contributed by atoms with E-state index in [1.165, 1.54) is 0 Å². The molecule has 6 N–H and O–H groups in total. The van der Waals surface area contributed by atoms with Crippen LogP contribution >= 0.6 is 0 Å². The summed E-state index contributed by atoms with van der Waals surface area (Å²) < 4.78 is 0. The second-order valence-corrected chi connectivity index (χ2v) is 4.02. The van der Waals surface area contributed by atoms with Crippen molar-refractivity contribution in [3.63, 3.8) is 0 Å². The monoisotopic (exact) mass is 356 g/mol. The average Bonchev–Trinajstić information content (AvgIpc) is 2.37. The van der Waals surface area contributed by atoms with E-state index in [1.807, 2.05) is 0 Å². The van der Waals surface area contributed by atoms with Gasteiger partial charge in [0.25, 0.3) is 0 Å². The number of aliphatic hydroxyl groups excluding tert-OH is 3. The summed E-state index contributed by atoms with van der Waals surface area (Å²) in [6, 6.07) is 0. The van der Waals surface area contributed by atoms with Gasteiger partial charge in [0.15, 0.2) is 0 Å². The Morgan fingerprint density at radius 3 is 1.74 bits per heavy atom. The molecule has 19 heavy (non-hydrogen) atoms. The predicted molar refractivity (Wildman–Crippen MR) is 82.2 cm³/mol. The van der Waals surface area contributed by atoms with Crippen LogP contribution in [-0.2, 0) is 12.6 Å². The molecule has 0 aliphatic rings. The van der Waals surface area contributed by atoms with Gasteiger partial charge < -0.3 is 39.0 Å². The molecule has 0 saturated heterocycles. The molecule has 0 unspecified atom stereocenters. The molecule has 0 aromatic rings. The fraction of sp³-hybridized carbons (Fsp3) is 1.00. The molecule has 0 heterocycles. The van der Waals surface area contributed by atoms with Crippen molar-refractivity contribution in [3.8, 4) is 0 Å². The minimum Gasteiger partial charge on any atom is -0.791 e. The third-order valence-electron chi connectivity index (χ3n) is 2.09. The van der Waals surface area contributed by atoms with Crippen LogP contribution in [0, 0.1) is 0 Å². The van der Waals surface area contributed by atoms with Crippen LogP contribution in [0.3, 0.4) is 0 Å². The van der Waals surface area contributed by atoms with E-state index in [4.69, 9.17) is 33.7 Å². The molecule has 0 amide bonds. The molecule has 8 heteroatoms. The van der Waals surface area contributed by atoms with Gasteiger partial charge in [0.05, 0.1) is 19.8 Å². The molecule has 0 fully saturated rings. The first-order valence-corrected chi connectivity index (χ1v) is 6.88. The molecule has 0 spiro atoms. The molecule has 0 aliphatic carbocycles. The van der Waals surface area contributed by atoms with Crippen molar-refractivity contribution < 1.29 is 15.3 Å². The first kappa shape index (κ1) is 24.7. The number of nitrogens with zero attached hydrogens (tertiary/aromatic N) is 1. The number of rotatable bonds is 11. The van der Waals surface area contributed by atoms with E-state index in [1.54, 1.807) is 4.90 Å². The number of hydrogen-bond donors (Lipinski definition) is 5. The molecule has 0 atom stereocenters. The van der Waals surface area contributed by atoms with Crippen molar-refractivity contribution in [3.05, 3.63) is 0 Å². The van der Waals surface area contributed by atoms with Gasteiger partial charge in [-0.05, 0) is 26.1 Å². The van der Waals surface area contributed by atoms with Gasteiger partial charge in [0, 0.05) is 37.2 Å². The summed E-state index contributed by atoms with van der Waals surface area (Å²) in [7, 11) is 0. The van der Waals surface area contributed by atoms with Crippen molar-refractivity contribution in [2.24, 2.45) is 5.73 Å². The van der Waals surface area contributed by atoms with Gasteiger partial charge in [-0.2, -0.15) is 5.75 Å². The molecule has 0 rings (SSSR count). The van der Waals surface area contributed by atoms with Crippen LogP contribution < -0.4 is 11.1 Å². The van der Waals surface area contributed by atoms with E-state index >= 15 is 0 Å². The summed E-state index contributed by atoms with van der Waals surface area (Å²) in [6.07, 6.45) is 1.05. The zero-order valence-corrected chi connectivity index (χ0v) is 14.5. The third kappa shape index (κ3) is 24.1. The van der Waals surface area contributed by atoms with Crippen LogP contribution in [0.1, 0.15) is 6.42 Å². The largest absolute Gasteiger partial charge is 0.791 e. The van der Waals surface area contributed by atoms with Crippen molar-refractivity contribution in [2.75, 3.05) is 64.8 Å². The Hall–Kier alpha value is 0.653. The molecule has 116 valence electrons. The standard InChI is InChI=1S/C6H15NO3.C5H14N2S.Ge/c8-4-1-7(2-5-9)3-6-10;6-2-1-3-7-4-5-8;/h8-10H,1-6H2;7-8H,1-6H2;/p-1. The first-order chi connectivity index (χ1) is 8.76. The zero-order valence-electron chi connectivity index (χ0n) is 11.6. The maximum atomic E-state index is 8.48. The van der Waals surface area contributed by atoms with Gasteiger partial charge in [0.1, 0.15) is 0 Å². The second kappa shape index (κ2) is 23.7. The van der Waals surface area contributed by atoms with Crippen molar-refractivity contribution in [1.29, 1.82) is 0 Å².